The predicted octanol–water partition coefficient (Wildman–Crippen LogP) is 3.65. The van der Waals surface area contributed by atoms with Crippen molar-refractivity contribution in [2.24, 2.45) is 11.7 Å². The summed E-state index contributed by atoms with van der Waals surface area (Å²) in [5, 5.41) is 0. The van der Waals surface area contributed by atoms with Crippen LogP contribution in [0.3, 0.4) is 0 Å². The molecule has 0 radical (unpaired) electrons. The standard InChI is InChI=1S/C16H25N/c1-16(2,3)14-9-7-12(8-10-14)11-15(17)13-5-4-6-13/h7-10,13,15H,4-6,11,17H2,1-3H3. The first-order chi connectivity index (χ1) is 7.97. The Hall–Kier alpha value is -0.820. The Morgan fingerprint density at radius 3 is 2.18 bits per heavy atom. The van der Waals surface area contributed by atoms with Crippen LogP contribution < -0.4 is 5.73 Å². The first kappa shape index (κ1) is 12.6. The van der Waals surface area contributed by atoms with Crippen molar-refractivity contribution in [3.05, 3.63) is 35.4 Å². The second kappa shape index (κ2) is 4.81. The fourth-order valence-corrected chi connectivity index (χ4v) is 2.45. The average Bonchev–Trinajstić information content (AvgIpc) is 2.13. The van der Waals surface area contributed by atoms with Gasteiger partial charge in [0.1, 0.15) is 0 Å². The lowest BCUT2D eigenvalue weighted by Crippen LogP contribution is -2.36. The third kappa shape index (κ3) is 3.10. The minimum Gasteiger partial charge on any atom is -0.327 e. The van der Waals surface area contributed by atoms with Crippen molar-refractivity contribution < 1.29 is 0 Å². The van der Waals surface area contributed by atoms with Gasteiger partial charge in [-0.3, -0.25) is 0 Å². The Morgan fingerprint density at radius 2 is 1.76 bits per heavy atom. The minimum absolute atomic E-state index is 0.245. The zero-order chi connectivity index (χ0) is 12.5. The van der Waals surface area contributed by atoms with Crippen LogP contribution in [0.5, 0.6) is 0 Å². The molecule has 2 N–H and O–H groups in total. The minimum atomic E-state index is 0.245. The number of hydrogen-bond acceptors (Lipinski definition) is 1. The molecular formula is C16H25N. The normalized spacial score (nSPS) is 18.8. The maximum atomic E-state index is 6.23. The second-order valence-corrected chi connectivity index (χ2v) is 6.51. The van der Waals surface area contributed by atoms with Crippen LogP contribution in [0.1, 0.15) is 51.2 Å². The zero-order valence-electron chi connectivity index (χ0n) is 11.4. The molecule has 1 saturated carbocycles. The largest absolute Gasteiger partial charge is 0.327 e. The smallest absolute Gasteiger partial charge is 0.0108 e. The van der Waals surface area contributed by atoms with Gasteiger partial charge in [-0.15, -0.1) is 0 Å². The molecule has 0 heterocycles. The summed E-state index contributed by atoms with van der Waals surface area (Å²) < 4.78 is 0. The Morgan fingerprint density at radius 1 is 1.18 bits per heavy atom. The summed E-state index contributed by atoms with van der Waals surface area (Å²) in [4.78, 5) is 0. The van der Waals surface area contributed by atoms with Gasteiger partial charge in [0.05, 0.1) is 0 Å². The van der Waals surface area contributed by atoms with E-state index in [1.165, 1.54) is 30.4 Å². The molecule has 0 spiro atoms. The van der Waals surface area contributed by atoms with Gasteiger partial charge in [-0.25, -0.2) is 0 Å². The first-order valence-corrected chi connectivity index (χ1v) is 6.82. The van der Waals surface area contributed by atoms with Crippen LogP contribution in [-0.2, 0) is 11.8 Å². The fraction of sp³-hybridized carbons (Fsp3) is 0.625. The molecule has 0 saturated heterocycles. The molecule has 1 aliphatic rings. The lowest BCUT2D eigenvalue weighted by molar-refractivity contribution is 0.260. The molecule has 2 rings (SSSR count). The summed E-state index contributed by atoms with van der Waals surface area (Å²) in [5.41, 5.74) is 9.27. The number of hydrogen-bond donors (Lipinski definition) is 1. The third-order valence-corrected chi connectivity index (χ3v) is 4.05. The average molecular weight is 231 g/mol. The van der Waals surface area contributed by atoms with Crippen molar-refractivity contribution >= 4 is 0 Å². The van der Waals surface area contributed by atoms with E-state index in [0.29, 0.717) is 6.04 Å². The molecule has 1 aromatic carbocycles. The van der Waals surface area contributed by atoms with Gasteiger partial charge < -0.3 is 5.73 Å². The quantitative estimate of drug-likeness (QED) is 0.844. The molecule has 94 valence electrons. The maximum absolute atomic E-state index is 6.23. The summed E-state index contributed by atoms with van der Waals surface area (Å²) in [6, 6.07) is 9.37. The van der Waals surface area contributed by atoms with Crippen LogP contribution in [0.4, 0.5) is 0 Å². The molecule has 0 aliphatic heterocycles. The van der Waals surface area contributed by atoms with E-state index in [-0.39, 0.29) is 5.41 Å². The highest BCUT2D eigenvalue weighted by molar-refractivity contribution is 5.28. The summed E-state index contributed by atoms with van der Waals surface area (Å²) in [6.07, 6.45) is 5.08. The monoisotopic (exact) mass is 231 g/mol. The van der Waals surface area contributed by atoms with Crippen LogP contribution in [0.2, 0.25) is 0 Å². The lowest BCUT2D eigenvalue weighted by Gasteiger charge is -2.31. The molecule has 1 unspecified atom stereocenters. The van der Waals surface area contributed by atoms with Crippen molar-refractivity contribution in [3.63, 3.8) is 0 Å². The van der Waals surface area contributed by atoms with E-state index in [1.54, 1.807) is 0 Å². The van der Waals surface area contributed by atoms with Gasteiger partial charge in [-0.05, 0) is 41.7 Å². The molecule has 1 aromatic rings. The fourth-order valence-electron chi connectivity index (χ4n) is 2.45. The predicted molar refractivity (Wildman–Crippen MR) is 74.2 cm³/mol. The van der Waals surface area contributed by atoms with Crippen molar-refractivity contribution in [3.8, 4) is 0 Å². The molecule has 1 nitrogen and oxygen atoms in total. The zero-order valence-corrected chi connectivity index (χ0v) is 11.4. The summed E-state index contributed by atoms with van der Waals surface area (Å²) in [7, 11) is 0. The topological polar surface area (TPSA) is 26.0 Å². The molecular weight excluding hydrogens is 206 g/mol. The van der Waals surface area contributed by atoms with Gasteiger partial charge in [-0.2, -0.15) is 0 Å². The van der Waals surface area contributed by atoms with E-state index in [4.69, 9.17) is 5.73 Å². The Bertz CT molecular complexity index is 354. The van der Waals surface area contributed by atoms with Crippen molar-refractivity contribution in [2.45, 2.75) is 57.9 Å². The third-order valence-electron chi connectivity index (χ3n) is 4.05. The lowest BCUT2D eigenvalue weighted by atomic mass is 9.78. The molecule has 0 amide bonds. The van der Waals surface area contributed by atoms with E-state index >= 15 is 0 Å². The SMILES string of the molecule is CC(C)(C)c1ccc(CC(N)C2CCC2)cc1. The van der Waals surface area contributed by atoms with Crippen LogP contribution in [0.15, 0.2) is 24.3 Å². The second-order valence-electron chi connectivity index (χ2n) is 6.51. The van der Waals surface area contributed by atoms with Crippen molar-refractivity contribution in [2.75, 3.05) is 0 Å². The van der Waals surface area contributed by atoms with Crippen molar-refractivity contribution in [1.29, 1.82) is 0 Å². The van der Waals surface area contributed by atoms with Crippen molar-refractivity contribution in [1.82, 2.24) is 0 Å². The highest BCUT2D eigenvalue weighted by Gasteiger charge is 2.24. The van der Waals surface area contributed by atoms with E-state index < -0.39 is 0 Å². The molecule has 1 aliphatic carbocycles. The Balaban J connectivity index is 1.98. The first-order valence-electron chi connectivity index (χ1n) is 6.82. The van der Waals surface area contributed by atoms with E-state index in [1.807, 2.05) is 0 Å². The Labute approximate surface area is 105 Å². The molecule has 0 aromatic heterocycles. The van der Waals surface area contributed by atoms with Gasteiger partial charge in [-0.1, -0.05) is 51.5 Å². The molecule has 1 heteroatoms. The van der Waals surface area contributed by atoms with Crippen LogP contribution >= 0.6 is 0 Å². The van der Waals surface area contributed by atoms with Gasteiger partial charge in [0.25, 0.3) is 0 Å². The van der Waals surface area contributed by atoms with E-state index in [9.17, 15) is 0 Å². The van der Waals surface area contributed by atoms with E-state index in [0.717, 1.165) is 12.3 Å². The summed E-state index contributed by atoms with van der Waals surface area (Å²) in [5.74, 6) is 0.775. The molecule has 1 atom stereocenters. The number of rotatable bonds is 3. The molecule has 0 bridgehead atoms. The number of nitrogens with two attached hydrogens (primary N) is 1. The van der Waals surface area contributed by atoms with Gasteiger partial charge in [0.2, 0.25) is 0 Å². The van der Waals surface area contributed by atoms with Crippen LogP contribution in [-0.4, -0.2) is 6.04 Å². The molecule has 17 heavy (non-hydrogen) atoms. The van der Waals surface area contributed by atoms with Crippen LogP contribution in [0, 0.1) is 5.92 Å². The Kier molecular flexibility index (Phi) is 3.58. The van der Waals surface area contributed by atoms with Gasteiger partial charge in [0, 0.05) is 6.04 Å². The highest BCUT2D eigenvalue weighted by atomic mass is 14.7. The van der Waals surface area contributed by atoms with Crippen LogP contribution in [0.25, 0.3) is 0 Å². The van der Waals surface area contributed by atoms with E-state index in [2.05, 4.69) is 45.0 Å². The van der Waals surface area contributed by atoms with Gasteiger partial charge in [0.15, 0.2) is 0 Å². The molecule has 1 fully saturated rings. The summed E-state index contributed by atoms with van der Waals surface area (Å²) in [6.45, 7) is 6.76. The maximum Gasteiger partial charge on any atom is 0.0108 e. The van der Waals surface area contributed by atoms with Gasteiger partial charge >= 0.3 is 0 Å². The summed E-state index contributed by atoms with van der Waals surface area (Å²) >= 11 is 0. The highest BCUT2D eigenvalue weighted by Crippen LogP contribution is 2.30. The number of benzene rings is 1.